The van der Waals surface area contributed by atoms with Crippen LogP contribution >= 0.6 is 24.0 Å². The maximum absolute atomic E-state index is 12.3. The first-order valence-electron chi connectivity index (χ1n) is 10.2. The van der Waals surface area contributed by atoms with Crippen LogP contribution in [0.5, 0.6) is 5.75 Å². The molecule has 2 atom stereocenters. The van der Waals surface area contributed by atoms with Crippen LogP contribution in [0.25, 0.3) is 0 Å². The van der Waals surface area contributed by atoms with Gasteiger partial charge in [-0.05, 0) is 42.7 Å². The normalized spacial score (nSPS) is 16.0. The Bertz CT molecular complexity index is 847. The van der Waals surface area contributed by atoms with Crippen molar-refractivity contribution in [2.75, 3.05) is 13.6 Å². The van der Waals surface area contributed by atoms with Gasteiger partial charge in [0, 0.05) is 31.6 Å². The van der Waals surface area contributed by atoms with Crippen molar-refractivity contribution in [1.82, 2.24) is 16.0 Å². The standard InChI is InChI=1S/C23H30N4O2.HI/c1-4-16(2)27-22(28)19-10-7-8-17(12-19)14-25-23(24-3)26-15-20-13-18-9-5-6-11-21(18)29-20;/h5-12,16,20H,4,13-15H2,1-3H3,(H,27,28)(H2,24,25,26);1H. The SMILES string of the molecule is CCC(C)NC(=O)c1cccc(CNC(=NC)NCC2Cc3ccccc3O2)c1.I. The summed E-state index contributed by atoms with van der Waals surface area (Å²) in [4.78, 5) is 16.6. The van der Waals surface area contributed by atoms with Crippen molar-refractivity contribution in [1.29, 1.82) is 0 Å². The van der Waals surface area contributed by atoms with Crippen LogP contribution in [0.3, 0.4) is 0 Å². The Morgan fingerprint density at radius 3 is 2.73 bits per heavy atom. The highest BCUT2D eigenvalue weighted by Crippen LogP contribution is 2.27. The number of guanidine groups is 1. The van der Waals surface area contributed by atoms with E-state index in [9.17, 15) is 4.79 Å². The van der Waals surface area contributed by atoms with E-state index in [0.717, 1.165) is 24.2 Å². The average molecular weight is 522 g/mol. The summed E-state index contributed by atoms with van der Waals surface area (Å²) in [5.41, 5.74) is 2.94. The number of benzene rings is 2. The highest BCUT2D eigenvalue weighted by atomic mass is 127. The lowest BCUT2D eigenvalue weighted by Crippen LogP contribution is -2.42. The first-order valence-corrected chi connectivity index (χ1v) is 10.2. The van der Waals surface area contributed by atoms with Gasteiger partial charge in [-0.1, -0.05) is 37.3 Å². The van der Waals surface area contributed by atoms with Crippen LogP contribution in [0.1, 0.15) is 41.8 Å². The molecule has 1 aliphatic heterocycles. The van der Waals surface area contributed by atoms with Crippen LogP contribution in [-0.4, -0.2) is 37.6 Å². The molecule has 2 aromatic rings. The summed E-state index contributed by atoms with van der Waals surface area (Å²) in [7, 11) is 1.75. The average Bonchev–Trinajstić information content (AvgIpc) is 3.17. The van der Waals surface area contributed by atoms with E-state index < -0.39 is 0 Å². The number of para-hydroxylation sites is 1. The Balaban J connectivity index is 0.00000320. The Morgan fingerprint density at radius 2 is 2.00 bits per heavy atom. The molecule has 2 aromatic carbocycles. The highest BCUT2D eigenvalue weighted by Gasteiger charge is 2.22. The number of rotatable bonds is 7. The molecule has 3 rings (SSSR count). The van der Waals surface area contributed by atoms with Gasteiger partial charge < -0.3 is 20.7 Å². The summed E-state index contributed by atoms with van der Waals surface area (Å²) in [5.74, 6) is 1.63. The zero-order chi connectivity index (χ0) is 20.6. The molecule has 0 fully saturated rings. The Labute approximate surface area is 195 Å². The summed E-state index contributed by atoms with van der Waals surface area (Å²) >= 11 is 0. The van der Waals surface area contributed by atoms with Crippen molar-refractivity contribution in [2.45, 2.75) is 45.4 Å². The molecule has 3 N–H and O–H groups in total. The predicted molar refractivity (Wildman–Crippen MR) is 132 cm³/mol. The van der Waals surface area contributed by atoms with Crippen LogP contribution in [0.4, 0.5) is 0 Å². The smallest absolute Gasteiger partial charge is 0.251 e. The van der Waals surface area contributed by atoms with E-state index in [-0.39, 0.29) is 42.0 Å². The maximum Gasteiger partial charge on any atom is 0.251 e. The number of hydrogen-bond donors (Lipinski definition) is 3. The number of carbonyl (C=O) groups excluding carboxylic acids is 1. The van der Waals surface area contributed by atoms with Gasteiger partial charge in [0.2, 0.25) is 0 Å². The maximum atomic E-state index is 12.3. The van der Waals surface area contributed by atoms with Gasteiger partial charge in [0.1, 0.15) is 11.9 Å². The topological polar surface area (TPSA) is 74.8 Å². The number of hydrogen-bond acceptors (Lipinski definition) is 3. The van der Waals surface area contributed by atoms with E-state index in [0.29, 0.717) is 24.6 Å². The molecule has 0 aliphatic carbocycles. The largest absolute Gasteiger partial charge is 0.488 e. The number of ether oxygens (including phenoxy) is 1. The number of carbonyl (C=O) groups is 1. The van der Waals surface area contributed by atoms with Crippen LogP contribution in [-0.2, 0) is 13.0 Å². The molecule has 0 radical (unpaired) electrons. The minimum atomic E-state index is -0.0401. The van der Waals surface area contributed by atoms with Crippen LogP contribution in [0, 0.1) is 0 Å². The van der Waals surface area contributed by atoms with Gasteiger partial charge >= 0.3 is 0 Å². The first-order chi connectivity index (χ1) is 14.1. The fraction of sp³-hybridized carbons (Fsp3) is 0.391. The first kappa shape index (κ1) is 24.0. The molecule has 0 aromatic heterocycles. The zero-order valence-electron chi connectivity index (χ0n) is 17.8. The van der Waals surface area contributed by atoms with Gasteiger partial charge in [-0.2, -0.15) is 0 Å². The number of nitrogens with zero attached hydrogens (tertiary/aromatic N) is 1. The van der Waals surface area contributed by atoms with Crippen LogP contribution in [0.15, 0.2) is 53.5 Å². The Morgan fingerprint density at radius 1 is 1.20 bits per heavy atom. The fourth-order valence-corrected chi connectivity index (χ4v) is 3.22. The predicted octanol–water partition coefficient (Wildman–Crippen LogP) is 3.50. The summed E-state index contributed by atoms with van der Waals surface area (Å²) < 4.78 is 5.96. The highest BCUT2D eigenvalue weighted by molar-refractivity contribution is 14.0. The molecule has 30 heavy (non-hydrogen) atoms. The number of fused-ring (bicyclic) bond motifs is 1. The van der Waals surface area contributed by atoms with Gasteiger partial charge in [0.15, 0.2) is 5.96 Å². The Hall–Kier alpha value is -2.29. The van der Waals surface area contributed by atoms with Gasteiger partial charge in [-0.15, -0.1) is 24.0 Å². The third-order valence-electron chi connectivity index (χ3n) is 5.07. The number of aliphatic imine (C=N–C) groups is 1. The second-order valence-electron chi connectivity index (χ2n) is 7.34. The summed E-state index contributed by atoms with van der Waals surface area (Å²) in [6, 6.07) is 16.0. The van der Waals surface area contributed by atoms with Gasteiger partial charge in [0.25, 0.3) is 5.91 Å². The third-order valence-corrected chi connectivity index (χ3v) is 5.07. The minimum absolute atomic E-state index is 0. The lowest BCUT2D eigenvalue weighted by Gasteiger charge is -2.16. The molecule has 2 unspecified atom stereocenters. The molecular formula is C23H31IN4O2. The molecule has 0 saturated heterocycles. The number of halogens is 1. The van der Waals surface area contributed by atoms with Crippen molar-refractivity contribution < 1.29 is 9.53 Å². The van der Waals surface area contributed by atoms with Crippen LogP contribution < -0.4 is 20.7 Å². The van der Waals surface area contributed by atoms with E-state index in [4.69, 9.17) is 4.74 Å². The van der Waals surface area contributed by atoms with Crippen molar-refractivity contribution in [3.05, 3.63) is 65.2 Å². The second kappa shape index (κ2) is 11.8. The van der Waals surface area contributed by atoms with E-state index in [1.54, 1.807) is 7.05 Å². The van der Waals surface area contributed by atoms with Crippen molar-refractivity contribution in [2.24, 2.45) is 4.99 Å². The number of nitrogens with one attached hydrogen (secondary N) is 3. The van der Waals surface area contributed by atoms with E-state index in [1.807, 2.05) is 49.4 Å². The quantitative estimate of drug-likeness (QED) is 0.296. The molecule has 0 saturated carbocycles. The summed E-state index contributed by atoms with van der Waals surface area (Å²) in [6.07, 6.45) is 1.90. The van der Waals surface area contributed by atoms with Crippen molar-refractivity contribution in [3.63, 3.8) is 0 Å². The zero-order valence-corrected chi connectivity index (χ0v) is 20.1. The number of amides is 1. The molecule has 1 aliphatic rings. The van der Waals surface area contributed by atoms with Gasteiger partial charge in [-0.25, -0.2) is 0 Å². The summed E-state index contributed by atoms with van der Waals surface area (Å²) in [6.45, 7) is 5.31. The molecule has 7 heteroatoms. The van der Waals surface area contributed by atoms with Gasteiger partial charge in [0.05, 0.1) is 6.54 Å². The lowest BCUT2D eigenvalue weighted by molar-refractivity contribution is 0.0939. The van der Waals surface area contributed by atoms with E-state index in [1.165, 1.54) is 5.56 Å². The Kier molecular flexibility index (Phi) is 9.42. The van der Waals surface area contributed by atoms with Crippen molar-refractivity contribution in [3.8, 4) is 5.75 Å². The summed E-state index contributed by atoms with van der Waals surface area (Å²) in [5, 5.41) is 9.62. The van der Waals surface area contributed by atoms with Crippen LogP contribution in [0.2, 0.25) is 0 Å². The molecule has 0 bridgehead atoms. The van der Waals surface area contributed by atoms with Gasteiger partial charge in [-0.3, -0.25) is 9.79 Å². The van der Waals surface area contributed by atoms with Crippen molar-refractivity contribution >= 4 is 35.8 Å². The molecule has 0 spiro atoms. The van der Waals surface area contributed by atoms with E-state index >= 15 is 0 Å². The third kappa shape index (κ3) is 6.62. The van der Waals surface area contributed by atoms with E-state index in [2.05, 4.69) is 33.9 Å². The molecule has 1 amide bonds. The second-order valence-corrected chi connectivity index (χ2v) is 7.34. The minimum Gasteiger partial charge on any atom is -0.488 e. The lowest BCUT2D eigenvalue weighted by atomic mass is 10.1. The monoisotopic (exact) mass is 522 g/mol. The molecule has 162 valence electrons. The fourth-order valence-electron chi connectivity index (χ4n) is 3.22. The molecular weight excluding hydrogens is 491 g/mol. The molecule has 6 nitrogen and oxygen atoms in total. The molecule has 1 heterocycles.